The Bertz CT molecular complexity index is 783. The number of rotatable bonds is 1. The zero-order valence-electron chi connectivity index (χ0n) is 13.8. The van der Waals surface area contributed by atoms with E-state index >= 15 is 0 Å². The number of phenolic OH excluding ortho intramolecular Hbond substituents is 1. The van der Waals surface area contributed by atoms with Gasteiger partial charge >= 0.3 is 6.18 Å². The maximum atomic E-state index is 13.3. The summed E-state index contributed by atoms with van der Waals surface area (Å²) in [5, 5.41) is 9.77. The second-order valence-corrected chi connectivity index (χ2v) is 7.15. The summed E-state index contributed by atoms with van der Waals surface area (Å²) in [5.74, 6) is -1.19. The Morgan fingerprint density at radius 1 is 1.04 bits per heavy atom. The number of aromatic hydroxyl groups is 1. The van der Waals surface area contributed by atoms with Gasteiger partial charge < -0.3 is 9.84 Å². The molecule has 0 spiro atoms. The largest absolute Gasteiger partial charge is 0.508 e. The van der Waals surface area contributed by atoms with E-state index in [9.17, 15) is 18.3 Å². The van der Waals surface area contributed by atoms with Crippen molar-refractivity contribution >= 4 is 0 Å². The van der Waals surface area contributed by atoms with Gasteiger partial charge in [-0.1, -0.05) is 29.8 Å². The Labute approximate surface area is 144 Å². The molecular formula is C20H19F3O2. The van der Waals surface area contributed by atoms with Gasteiger partial charge in [0.1, 0.15) is 17.6 Å². The van der Waals surface area contributed by atoms with Crippen molar-refractivity contribution < 1.29 is 23.0 Å². The first-order valence-corrected chi connectivity index (χ1v) is 8.46. The van der Waals surface area contributed by atoms with Gasteiger partial charge in [0.15, 0.2) is 0 Å². The number of ether oxygens (including phenoxy) is 1. The second-order valence-electron chi connectivity index (χ2n) is 7.15. The van der Waals surface area contributed by atoms with E-state index in [1.54, 1.807) is 12.1 Å². The highest BCUT2D eigenvalue weighted by Crippen LogP contribution is 2.58. The Kier molecular flexibility index (Phi) is 3.71. The fourth-order valence-corrected chi connectivity index (χ4v) is 4.26. The van der Waals surface area contributed by atoms with Crippen molar-refractivity contribution in [2.45, 2.75) is 38.0 Å². The number of hydrogen-bond acceptors (Lipinski definition) is 2. The van der Waals surface area contributed by atoms with E-state index in [1.807, 2.05) is 31.2 Å². The van der Waals surface area contributed by atoms with Crippen molar-refractivity contribution in [2.75, 3.05) is 0 Å². The Hall–Kier alpha value is -2.17. The van der Waals surface area contributed by atoms with Gasteiger partial charge in [0.05, 0.1) is 5.92 Å². The SMILES string of the molecule is Cc1ccc([C@H]2Oc3ccc(O)cc3[C@H]3C[C@@H](C(F)(F)F)C[C@H]32)cc1. The van der Waals surface area contributed by atoms with Crippen LogP contribution in [0.15, 0.2) is 42.5 Å². The first-order chi connectivity index (χ1) is 11.8. The minimum absolute atomic E-state index is 0.0519. The maximum absolute atomic E-state index is 13.3. The van der Waals surface area contributed by atoms with Crippen molar-refractivity contribution in [3.8, 4) is 11.5 Å². The average Bonchev–Trinajstić information content (AvgIpc) is 3.01. The highest BCUT2D eigenvalue weighted by atomic mass is 19.4. The zero-order valence-corrected chi connectivity index (χ0v) is 13.8. The predicted octanol–water partition coefficient (Wildman–Crippen LogP) is 5.51. The number of alkyl halides is 3. The topological polar surface area (TPSA) is 29.5 Å². The summed E-state index contributed by atoms with van der Waals surface area (Å²) in [4.78, 5) is 0. The molecular weight excluding hydrogens is 329 g/mol. The van der Waals surface area contributed by atoms with Gasteiger partial charge in [0.2, 0.25) is 0 Å². The van der Waals surface area contributed by atoms with Crippen LogP contribution in [0.1, 0.15) is 41.6 Å². The highest BCUT2D eigenvalue weighted by Gasteiger charge is 2.53. The normalized spacial score (nSPS) is 28.2. The summed E-state index contributed by atoms with van der Waals surface area (Å²) in [7, 11) is 0. The zero-order chi connectivity index (χ0) is 17.8. The number of aryl methyl sites for hydroxylation is 1. The number of hydrogen-bond donors (Lipinski definition) is 1. The molecule has 4 atom stereocenters. The van der Waals surface area contributed by atoms with Crippen molar-refractivity contribution in [1.82, 2.24) is 0 Å². The minimum atomic E-state index is -4.20. The van der Waals surface area contributed by atoms with E-state index in [0.29, 0.717) is 11.3 Å². The summed E-state index contributed by atoms with van der Waals surface area (Å²) >= 11 is 0. The number of fused-ring (bicyclic) bond motifs is 3. The van der Waals surface area contributed by atoms with Crippen molar-refractivity contribution in [2.24, 2.45) is 11.8 Å². The standard InChI is InChI=1S/C20H19F3O2/c1-11-2-4-12(5-3-11)19-17-9-13(20(21,22)23)8-15(17)16-10-14(24)6-7-18(16)25-19/h2-7,10,13,15,17,19,24H,8-9H2,1H3/t13-,15-,17-,19-/m1/s1. The summed E-state index contributed by atoms with van der Waals surface area (Å²) < 4.78 is 46.2. The van der Waals surface area contributed by atoms with Gasteiger partial charge in [-0.25, -0.2) is 0 Å². The summed E-state index contributed by atoms with van der Waals surface area (Å²) in [6, 6.07) is 12.5. The first-order valence-electron chi connectivity index (χ1n) is 8.46. The van der Waals surface area contributed by atoms with Crippen LogP contribution in [0.5, 0.6) is 11.5 Å². The van der Waals surface area contributed by atoms with Crippen LogP contribution in [0, 0.1) is 18.8 Å². The molecule has 2 nitrogen and oxygen atoms in total. The van der Waals surface area contributed by atoms with Crippen LogP contribution >= 0.6 is 0 Å². The number of phenols is 1. The predicted molar refractivity (Wildman–Crippen MR) is 87.7 cm³/mol. The molecule has 25 heavy (non-hydrogen) atoms. The molecule has 1 fully saturated rings. The number of benzene rings is 2. The Morgan fingerprint density at radius 3 is 2.44 bits per heavy atom. The summed E-state index contributed by atoms with van der Waals surface area (Å²) in [6.07, 6.45) is -4.49. The molecule has 0 amide bonds. The molecule has 0 radical (unpaired) electrons. The van der Waals surface area contributed by atoms with E-state index in [4.69, 9.17) is 4.74 Å². The molecule has 2 aliphatic rings. The maximum Gasteiger partial charge on any atom is 0.391 e. The minimum Gasteiger partial charge on any atom is -0.508 e. The van der Waals surface area contributed by atoms with Gasteiger partial charge in [-0.2, -0.15) is 13.2 Å². The lowest BCUT2D eigenvalue weighted by molar-refractivity contribution is -0.173. The number of halogens is 3. The lowest BCUT2D eigenvalue weighted by Crippen LogP contribution is -2.27. The molecule has 0 bridgehead atoms. The van der Waals surface area contributed by atoms with Crippen LogP contribution in [-0.4, -0.2) is 11.3 Å². The molecule has 2 aromatic carbocycles. The van der Waals surface area contributed by atoms with Gasteiger partial charge in [-0.05, 0) is 49.4 Å². The molecule has 2 aromatic rings. The van der Waals surface area contributed by atoms with Crippen LogP contribution in [-0.2, 0) is 0 Å². The molecule has 1 heterocycles. The third kappa shape index (κ3) is 2.86. The van der Waals surface area contributed by atoms with Gasteiger partial charge in [0.25, 0.3) is 0 Å². The molecule has 1 aliphatic heterocycles. The van der Waals surface area contributed by atoms with E-state index in [2.05, 4.69) is 0 Å². The molecule has 132 valence electrons. The average molecular weight is 348 g/mol. The molecule has 1 aliphatic carbocycles. The quantitative estimate of drug-likeness (QED) is 0.737. The third-order valence-electron chi connectivity index (χ3n) is 5.52. The summed E-state index contributed by atoms with van der Waals surface area (Å²) in [5.41, 5.74) is 2.70. The van der Waals surface area contributed by atoms with Gasteiger partial charge in [0, 0.05) is 11.5 Å². The van der Waals surface area contributed by atoms with Crippen molar-refractivity contribution in [1.29, 1.82) is 0 Å². The van der Waals surface area contributed by atoms with Crippen LogP contribution < -0.4 is 4.74 Å². The molecule has 5 heteroatoms. The van der Waals surface area contributed by atoms with Crippen LogP contribution in [0.3, 0.4) is 0 Å². The van der Waals surface area contributed by atoms with Crippen LogP contribution in [0.4, 0.5) is 13.2 Å². The third-order valence-corrected chi connectivity index (χ3v) is 5.52. The molecule has 0 unspecified atom stereocenters. The molecule has 4 rings (SSSR count). The highest BCUT2D eigenvalue weighted by molar-refractivity contribution is 5.45. The lowest BCUT2D eigenvalue weighted by Gasteiger charge is -2.36. The van der Waals surface area contributed by atoms with Crippen molar-refractivity contribution in [3.63, 3.8) is 0 Å². The smallest absolute Gasteiger partial charge is 0.391 e. The van der Waals surface area contributed by atoms with Gasteiger partial charge in [-0.15, -0.1) is 0 Å². The molecule has 1 N–H and O–H groups in total. The lowest BCUT2D eigenvalue weighted by atomic mass is 9.80. The first kappa shape index (κ1) is 16.3. The van der Waals surface area contributed by atoms with Crippen LogP contribution in [0.2, 0.25) is 0 Å². The second kappa shape index (κ2) is 5.68. The monoisotopic (exact) mass is 348 g/mol. The van der Waals surface area contributed by atoms with E-state index in [-0.39, 0.29) is 30.4 Å². The van der Waals surface area contributed by atoms with Crippen molar-refractivity contribution in [3.05, 3.63) is 59.2 Å². The molecule has 1 saturated carbocycles. The Morgan fingerprint density at radius 2 is 1.76 bits per heavy atom. The summed E-state index contributed by atoms with van der Waals surface area (Å²) in [6.45, 7) is 1.97. The fraction of sp³-hybridized carbons (Fsp3) is 0.400. The van der Waals surface area contributed by atoms with Gasteiger partial charge in [-0.3, -0.25) is 0 Å². The van der Waals surface area contributed by atoms with Crippen LogP contribution in [0.25, 0.3) is 0 Å². The van der Waals surface area contributed by atoms with E-state index in [1.165, 1.54) is 6.07 Å². The molecule has 0 aromatic heterocycles. The molecule has 0 saturated heterocycles. The Balaban J connectivity index is 1.77. The fourth-order valence-electron chi connectivity index (χ4n) is 4.26. The van der Waals surface area contributed by atoms with E-state index in [0.717, 1.165) is 11.1 Å². The van der Waals surface area contributed by atoms with E-state index < -0.39 is 18.2 Å².